The van der Waals surface area contributed by atoms with Crippen LogP contribution in [0.15, 0.2) is 66.7 Å². The Morgan fingerprint density at radius 1 is 1.05 bits per heavy atom. The van der Waals surface area contributed by atoms with Gasteiger partial charge in [-0.1, -0.05) is 60.7 Å². The maximum absolute atomic E-state index is 12.5. The first-order valence-corrected chi connectivity index (χ1v) is 13.7. The molecule has 6 heteroatoms. The number of hydrogen-bond acceptors (Lipinski definition) is 4. The van der Waals surface area contributed by atoms with Gasteiger partial charge in [0, 0.05) is 31.1 Å². The molecule has 6 nitrogen and oxygen atoms in total. The largest absolute Gasteiger partial charge is 0.444 e. The molecule has 1 atom stereocenters. The summed E-state index contributed by atoms with van der Waals surface area (Å²) in [6.07, 6.45) is 3.63. The molecular formula is C31H42N4O2. The van der Waals surface area contributed by atoms with E-state index in [0.717, 1.165) is 63.1 Å². The molecule has 1 saturated heterocycles. The number of hydrogen-bond donors (Lipinski definition) is 1. The van der Waals surface area contributed by atoms with Crippen LogP contribution in [0.4, 0.5) is 4.79 Å². The number of ether oxygens (including phenoxy) is 1. The van der Waals surface area contributed by atoms with Crippen LogP contribution >= 0.6 is 0 Å². The van der Waals surface area contributed by atoms with Crippen molar-refractivity contribution in [3.63, 3.8) is 0 Å². The number of rotatable bonds is 9. The predicted octanol–water partition coefficient (Wildman–Crippen LogP) is 6.33. The number of carbonyl (C=O) groups is 1. The molecule has 2 aromatic carbocycles. The summed E-state index contributed by atoms with van der Waals surface area (Å²) in [5.74, 6) is 0.540. The first-order chi connectivity index (χ1) is 17.8. The summed E-state index contributed by atoms with van der Waals surface area (Å²) >= 11 is 0. The summed E-state index contributed by atoms with van der Waals surface area (Å²) in [5.41, 5.74) is 4.43. The van der Waals surface area contributed by atoms with Crippen LogP contribution in [0.1, 0.15) is 81.4 Å². The average molecular weight is 503 g/mol. The third-order valence-corrected chi connectivity index (χ3v) is 7.02. The number of amides is 1. The van der Waals surface area contributed by atoms with Crippen molar-refractivity contribution in [1.82, 2.24) is 20.0 Å². The minimum atomic E-state index is -0.515. The van der Waals surface area contributed by atoms with Crippen LogP contribution in [-0.2, 0) is 17.7 Å². The number of piperidine rings is 1. The molecule has 0 unspecified atom stereocenters. The number of benzene rings is 2. The first-order valence-electron chi connectivity index (χ1n) is 13.7. The lowest BCUT2D eigenvalue weighted by Gasteiger charge is -2.33. The van der Waals surface area contributed by atoms with E-state index >= 15 is 0 Å². The first kappa shape index (κ1) is 26.9. The van der Waals surface area contributed by atoms with Crippen molar-refractivity contribution < 1.29 is 9.53 Å². The zero-order chi connectivity index (χ0) is 26.3. The molecule has 1 aromatic heterocycles. The van der Waals surface area contributed by atoms with E-state index in [4.69, 9.17) is 9.84 Å². The molecule has 1 aliphatic rings. The molecule has 0 radical (unpaired) electrons. The number of carbonyl (C=O) groups excluding carboxylic acids is 1. The number of likely N-dealkylation sites (tertiary alicyclic amines) is 1. The van der Waals surface area contributed by atoms with Gasteiger partial charge in [-0.15, -0.1) is 0 Å². The Hall–Kier alpha value is -3.12. The van der Waals surface area contributed by atoms with E-state index in [1.54, 1.807) is 0 Å². The number of alkyl carbamates (subject to hydrolysis) is 1. The molecular weight excluding hydrogens is 460 g/mol. The van der Waals surface area contributed by atoms with Crippen molar-refractivity contribution in [1.29, 1.82) is 0 Å². The van der Waals surface area contributed by atoms with E-state index in [1.807, 2.05) is 39.0 Å². The Balaban J connectivity index is 1.33. The molecule has 2 heterocycles. The van der Waals surface area contributed by atoms with Gasteiger partial charge in [0.25, 0.3) is 0 Å². The Kier molecular flexibility index (Phi) is 9.04. The molecule has 1 amide bonds. The van der Waals surface area contributed by atoms with Gasteiger partial charge in [0.1, 0.15) is 5.60 Å². The SMILES string of the molecule is CCn1nc(Cc2ccccc2)cc1C1CCN(CC[C@H](NC(=O)OC(C)(C)C)c2ccccc2)CC1. The normalized spacial score (nSPS) is 15.9. The smallest absolute Gasteiger partial charge is 0.408 e. The molecule has 0 aliphatic carbocycles. The van der Waals surface area contributed by atoms with Crippen molar-refractivity contribution in [2.45, 2.75) is 77.5 Å². The molecule has 1 aliphatic heterocycles. The van der Waals surface area contributed by atoms with Crippen LogP contribution in [0.5, 0.6) is 0 Å². The van der Waals surface area contributed by atoms with E-state index in [9.17, 15) is 4.79 Å². The molecule has 0 bridgehead atoms. The second-order valence-corrected chi connectivity index (χ2v) is 11.1. The number of aryl methyl sites for hydroxylation is 1. The van der Waals surface area contributed by atoms with Crippen LogP contribution in [0, 0.1) is 0 Å². The van der Waals surface area contributed by atoms with Crippen LogP contribution in [0.25, 0.3) is 0 Å². The summed E-state index contributed by atoms with van der Waals surface area (Å²) < 4.78 is 7.74. The van der Waals surface area contributed by atoms with Crippen molar-refractivity contribution in [3.8, 4) is 0 Å². The van der Waals surface area contributed by atoms with Gasteiger partial charge in [-0.25, -0.2) is 4.79 Å². The predicted molar refractivity (Wildman–Crippen MR) is 149 cm³/mol. The van der Waals surface area contributed by atoms with Crippen LogP contribution in [0.3, 0.4) is 0 Å². The number of nitrogens with one attached hydrogen (secondary N) is 1. The van der Waals surface area contributed by atoms with E-state index in [1.165, 1.54) is 11.3 Å². The fraction of sp³-hybridized carbons (Fsp3) is 0.484. The molecule has 1 N–H and O–H groups in total. The van der Waals surface area contributed by atoms with Gasteiger partial charge in [0.2, 0.25) is 0 Å². The average Bonchev–Trinajstić information content (AvgIpc) is 3.29. The maximum atomic E-state index is 12.5. The highest BCUT2D eigenvalue weighted by molar-refractivity contribution is 5.68. The quantitative estimate of drug-likeness (QED) is 0.371. The van der Waals surface area contributed by atoms with Gasteiger partial charge in [0.15, 0.2) is 0 Å². The summed E-state index contributed by atoms with van der Waals surface area (Å²) in [5, 5.41) is 8.02. The Morgan fingerprint density at radius 2 is 1.70 bits per heavy atom. The van der Waals surface area contributed by atoms with E-state index < -0.39 is 5.60 Å². The lowest BCUT2D eigenvalue weighted by molar-refractivity contribution is 0.0496. The van der Waals surface area contributed by atoms with E-state index in [-0.39, 0.29) is 12.1 Å². The lowest BCUT2D eigenvalue weighted by Crippen LogP contribution is -2.38. The molecule has 37 heavy (non-hydrogen) atoms. The standard InChI is InChI=1S/C31H42N4O2/c1-5-35-29(23-27(33-35)22-24-12-8-6-9-13-24)26-16-19-34(20-17-26)21-18-28(25-14-10-7-11-15-25)32-30(36)37-31(2,3)4/h6-15,23,26,28H,5,16-22H2,1-4H3,(H,32,36)/t28-/m0/s1. The van der Waals surface area contributed by atoms with E-state index in [2.05, 4.69) is 70.4 Å². The molecule has 0 spiro atoms. The van der Waals surface area contributed by atoms with Crippen molar-refractivity contribution in [3.05, 3.63) is 89.2 Å². The lowest BCUT2D eigenvalue weighted by atomic mass is 9.92. The topological polar surface area (TPSA) is 59.4 Å². The molecule has 198 valence electrons. The van der Waals surface area contributed by atoms with Crippen LogP contribution in [-0.4, -0.2) is 46.0 Å². The Morgan fingerprint density at radius 3 is 2.32 bits per heavy atom. The highest BCUT2D eigenvalue weighted by Crippen LogP contribution is 2.30. The Labute approximate surface area is 222 Å². The molecule has 4 rings (SSSR count). The minimum absolute atomic E-state index is 0.0733. The minimum Gasteiger partial charge on any atom is -0.444 e. The highest BCUT2D eigenvalue weighted by Gasteiger charge is 2.26. The fourth-order valence-corrected chi connectivity index (χ4v) is 5.18. The monoisotopic (exact) mass is 502 g/mol. The van der Waals surface area contributed by atoms with Crippen molar-refractivity contribution >= 4 is 6.09 Å². The van der Waals surface area contributed by atoms with Gasteiger partial charge >= 0.3 is 6.09 Å². The van der Waals surface area contributed by atoms with Crippen LogP contribution < -0.4 is 5.32 Å². The maximum Gasteiger partial charge on any atom is 0.408 e. The zero-order valence-electron chi connectivity index (χ0n) is 22.8. The highest BCUT2D eigenvalue weighted by atomic mass is 16.6. The van der Waals surface area contributed by atoms with Gasteiger partial charge in [-0.2, -0.15) is 5.10 Å². The summed E-state index contributed by atoms with van der Waals surface area (Å²) in [4.78, 5) is 15.0. The summed E-state index contributed by atoms with van der Waals surface area (Å²) in [7, 11) is 0. The third-order valence-electron chi connectivity index (χ3n) is 7.02. The summed E-state index contributed by atoms with van der Waals surface area (Å²) in [6.45, 7) is 11.8. The van der Waals surface area contributed by atoms with Gasteiger partial charge in [-0.3, -0.25) is 4.68 Å². The second kappa shape index (κ2) is 12.4. The fourth-order valence-electron chi connectivity index (χ4n) is 5.18. The van der Waals surface area contributed by atoms with Gasteiger partial charge in [0.05, 0.1) is 11.7 Å². The van der Waals surface area contributed by atoms with Crippen molar-refractivity contribution in [2.75, 3.05) is 19.6 Å². The van der Waals surface area contributed by atoms with Gasteiger partial charge in [-0.05, 0) is 77.2 Å². The zero-order valence-corrected chi connectivity index (χ0v) is 22.8. The molecule has 1 fully saturated rings. The molecule has 0 saturated carbocycles. The van der Waals surface area contributed by atoms with Gasteiger partial charge < -0.3 is 15.0 Å². The number of nitrogens with zero attached hydrogens (tertiary/aromatic N) is 3. The van der Waals surface area contributed by atoms with E-state index in [0.29, 0.717) is 5.92 Å². The Bertz CT molecular complexity index is 1110. The second-order valence-electron chi connectivity index (χ2n) is 11.1. The summed E-state index contributed by atoms with van der Waals surface area (Å²) in [6, 6.07) is 23.0. The van der Waals surface area contributed by atoms with Crippen molar-refractivity contribution in [2.24, 2.45) is 0 Å². The third kappa shape index (κ3) is 7.93. The van der Waals surface area contributed by atoms with Crippen LogP contribution in [0.2, 0.25) is 0 Å². The number of aromatic nitrogens is 2. The molecule has 3 aromatic rings.